The van der Waals surface area contributed by atoms with Crippen LogP contribution < -0.4 is 11.1 Å². The van der Waals surface area contributed by atoms with E-state index in [4.69, 9.17) is 5.73 Å². The quantitative estimate of drug-likeness (QED) is 0.664. The number of nitrogens with two attached hydrogens (primary N) is 1. The smallest absolute Gasteiger partial charge is 0.265 e. The Bertz CT molecular complexity index is 734. The van der Waals surface area contributed by atoms with Gasteiger partial charge >= 0.3 is 0 Å². The number of thiophene rings is 2. The number of anilines is 2. The molecule has 96 valence electrons. The van der Waals surface area contributed by atoms with Crippen LogP contribution in [0.4, 0.5) is 11.4 Å². The Morgan fingerprint density at radius 3 is 2.79 bits per heavy atom. The van der Waals surface area contributed by atoms with E-state index >= 15 is 0 Å². The van der Waals surface area contributed by atoms with Gasteiger partial charge in [0.05, 0.1) is 16.3 Å². The largest absolute Gasteiger partial charge is 0.397 e. The fourth-order valence-corrected chi connectivity index (χ4v) is 4.09. The molecular weight excluding hydrogens is 344 g/mol. The second-order valence-corrected chi connectivity index (χ2v) is 6.89. The molecule has 0 radical (unpaired) electrons. The summed E-state index contributed by atoms with van der Waals surface area (Å²) in [5.74, 6) is -0.123. The summed E-state index contributed by atoms with van der Waals surface area (Å²) < 4.78 is 3.16. The van der Waals surface area contributed by atoms with Crippen LogP contribution in [-0.4, -0.2) is 5.91 Å². The number of amides is 1. The van der Waals surface area contributed by atoms with E-state index in [-0.39, 0.29) is 5.91 Å². The highest BCUT2D eigenvalue weighted by Gasteiger charge is 2.12. The third kappa shape index (κ3) is 2.51. The van der Waals surface area contributed by atoms with Crippen molar-refractivity contribution in [1.82, 2.24) is 0 Å². The van der Waals surface area contributed by atoms with Gasteiger partial charge in [0.1, 0.15) is 0 Å². The first kappa shape index (κ1) is 12.7. The predicted octanol–water partition coefficient (Wildman–Crippen LogP) is 4.56. The zero-order valence-corrected chi connectivity index (χ0v) is 12.9. The summed E-state index contributed by atoms with van der Waals surface area (Å²) in [6.07, 6.45) is 0. The molecule has 1 amide bonds. The number of rotatable bonds is 2. The molecule has 0 unspecified atom stereocenters. The molecular formula is C13H9BrN2OS2. The number of halogens is 1. The maximum atomic E-state index is 12.2. The Morgan fingerprint density at radius 1 is 1.21 bits per heavy atom. The fraction of sp³-hybridized carbons (Fsp3) is 0. The number of fused-ring (bicyclic) bond motifs is 1. The van der Waals surface area contributed by atoms with Crippen LogP contribution in [-0.2, 0) is 0 Å². The molecule has 0 saturated heterocycles. The van der Waals surface area contributed by atoms with Gasteiger partial charge in [0.25, 0.3) is 5.91 Å². The average Bonchev–Trinajstić information content (AvgIpc) is 2.93. The lowest BCUT2D eigenvalue weighted by Crippen LogP contribution is -2.11. The van der Waals surface area contributed by atoms with Gasteiger partial charge < -0.3 is 11.1 Å². The minimum Gasteiger partial charge on any atom is -0.397 e. The standard InChI is InChI=1S/C13H9BrN2OS2/c14-7-1-2-9(8(15)5-7)16-13(17)12-6-11-10(19-12)3-4-18-11/h1-6H,15H2,(H,16,17). The van der Waals surface area contributed by atoms with E-state index in [1.54, 1.807) is 23.5 Å². The zero-order chi connectivity index (χ0) is 13.4. The van der Waals surface area contributed by atoms with E-state index in [1.165, 1.54) is 11.3 Å². The van der Waals surface area contributed by atoms with Crippen molar-refractivity contribution < 1.29 is 4.79 Å². The van der Waals surface area contributed by atoms with Crippen LogP contribution in [0.2, 0.25) is 0 Å². The van der Waals surface area contributed by atoms with E-state index in [0.29, 0.717) is 16.3 Å². The Hall–Kier alpha value is -1.37. The SMILES string of the molecule is Nc1cc(Br)ccc1NC(=O)c1cc2sccc2s1. The average molecular weight is 353 g/mol. The van der Waals surface area contributed by atoms with Crippen LogP contribution in [0.1, 0.15) is 9.67 Å². The van der Waals surface area contributed by atoms with Crippen molar-refractivity contribution in [2.75, 3.05) is 11.1 Å². The molecule has 3 aromatic rings. The van der Waals surface area contributed by atoms with Gasteiger partial charge in [-0.3, -0.25) is 4.79 Å². The van der Waals surface area contributed by atoms with E-state index in [0.717, 1.165) is 13.9 Å². The Kier molecular flexibility index (Phi) is 3.30. The van der Waals surface area contributed by atoms with Crippen molar-refractivity contribution in [3.8, 4) is 0 Å². The van der Waals surface area contributed by atoms with Crippen molar-refractivity contribution in [2.45, 2.75) is 0 Å². The number of hydrogen-bond donors (Lipinski definition) is 2. The minimum atomic E-state index is -0.123. The topological polar surface area (TPSA) is 55.1 Å². The van der Waals surface area contributed by atoms with E-state index in [1.807, 2.05) is 23.6 Å². The molecule has 0 spiro atoms. The summed E-state index contributed by atoms with van der Waals surface area (Å²) >= 11 is 6.46. The van der Waals surface area contributed by atoms with Crippen LogP contribution in [0.25, 0.3) is 9.40 Å². The summed E-state index contributed by atoms with van der Waals surface area (Å²) in [7, 11) is 0. The van der Waals surface area contributed by atoms with E-state index in [9.17, 15) is 4.79 Å². The van der Waals surface area contributed by atoms with Crippen LogP contribution in [0.5, 0.6) is 0 Å². The molecule has 1 aromatic carbocycles. The van der Waals surface area contributed by atoms with Gasteiger partial charge in [-0.05, 0) is 35.7 Å². The highest BCUT2D eigenvalue weighted by molar-refractivity contribution is 9.10. The number of carbonyl (C=O) groups is 1. The number of nitrogen functional groups attached to an aromatic ring is 1. The molecule has 0 aliphatic rings. The molecule has 19 heavy (non-hydrogen) atoms. The fourth-order valence-electron chi connectivity index (χ4n) is 1.71. The lowest BCUT2D eigenvalue weighted by Gasteiger charge is -2.07. The van der Waals surface area contributed by atoms with Crippen molar-refractivity contribution in [1.29, 1.82) is 0 Å². The minimum absolute atomic E-state index is 0.123. The van der Waals surface area contributed by atoms with Gasteiger partial charge in [0.15, 0.2) is 0 Å². The van der Waals surface area contributed by atoms with Gasteiger partial charge in [-0.25, -0.2) is 0 Å². The lowest BCUT2D eigenvalue weighted by molar-refractivity contribution is 0.103. The molecule has 0 saturated carbocycles. The summed E-state index contributed by atoms with van der Waals surface area (Å²) in [5, 5.41) is 4.86. The van der Waals surface area contributed by atoms with Gasteiger partial charge in [-0.15, -0.1) is 22.7 Å². The maximum absolute atomic E-state index is 12.2. The van der Waals surface area contributed by atoms with Crippen LogP contribution >= 0.6 is 38.6 Å². The maximum Gasteiger partial charge on any atom is 0.265 e. The normalized spacial score (nSPS) is 10.8. The molecule has 6 heteroatoms. The Labute approximate surface area is 126 Å². The second kappa shape index (κ2) is 4.96. The molecule has 3 rings (SSSR count). The summed E-state index contributed by atoms with van der Waals surface area (Å²) in [4.78, 5) is 12.9. The molecule has 0 fully saturated rings. The third-order valence-electron chi connectivity index (χ3n) is 2.62. The molecule has 0 bridgehead atoms. The number of hydrogen-bond acceptors (Lipinski definition) is 4. The van der Waals surface area contributed by atoms with Crippen LogP contribution in [0.15, 0.2) is 40.2 Å². The van der Waals surface area contributed by atoms with Gasteiger partial charge in [-0.1, -0.05) is 15.9 Å². The molecule has 2 aromatic heterocycles. The van der Waals surface area contributed by atoms with Crippen LogP contribution in [0, 0.1) is 0 Å². The Morgan fingerprint density at radius 2 is 2.05 bits per heavy atom. The first-order valence-corrected chi connectivity index (χ1v) is 7.96. The highest BCUT2D eigenvalue weighted by Crippen LogP contribution is 2.31. The van der Waals surface area contributed by atoms with Crippen molar-refractivity contribution in [2.24, 2.45) is 0 Å². The zero-order valence-electron chi connectivity index (χ0n) is 9.64. The van der Waals surface area contributed by atoms with E-state index in [2.05, 4.69) is 21.2 Å². The summed E-state index contributed by atoms with van der Waals surface area (Å²) in [6.45, 7) is 0. The number of nitrogens with one attached hydrogen (secondary N) is 1. The molecule has 0 aliphatic carbocycles. The van der Waals surface area contributed by atoms with Gasteiger partial charge in [0.2, 0.25) is 0 Å². The molecule has 3 nitrogen and oxygen atoms in total. The Balaban J connectivity index is 1.86. The van der Waals surface area contributed by atoms with E-state index < -0.39 is 0 Å². The number of benzene rings is 1. The van der Waals surface area contributed by atoms with Crippen molar-refractivity contribution in [3.63, 3.8) is 0 Å². The molecule has 0 aliphatic heterocycles. The van der Waals surface area contributed by atoms with Gasteiger partial charge in [-0.2, -0.15) is 0 Å². The lowest BCUT2D eigenvalue weighted by atomic mass is 10.2. The second-order valence-electron chi connectivity index (χ2n) is 3.95. The van der Waals surface area contributed by atoms with Gasteiger partial charge in [0, 0.05) is 13.9 Å². The first-order valence-electron chi connectivity index (χ1n) is 5.47. The molecule has 3 N–H and O–H groups in total. The predicted molar refractivity (Wildman–Crippen MR) is 86.2 cm³/mol. The van der Waals surface area contributed by atoms with Crippen LogP contribution in [0.3, 0.4) is 0 Å². The monoisotopic (exact) mass is 352 g/mol. The number of carbonyl (C=O) groups excluding carboxylic acids is 1. The van der Waals surface area contributed by atoms with Crippen molar-refractivity contribution >= 4 is 65.3 Å². The summed E-state index contributed by atoms with van der Waals surface area (Å²) in [6, 6.07) is 9.33. The molecule has 2 heterocycles. The third-order valence-corrected chi connectivity index (χ3v) is 5.21. The first-order chi connectivity index (χ1) is 9.13. The molecule has 0 atom stereocenters. The highest BCUT2D eigenvalue weighted by atomic mass is 79.9. The summed E-state index contributed by atoms with van der Waals surface area (Å²) in [5.41, 5.74) is 7.04. The van der Waals surface area contributed by atoms with Crippen molar-refractivity contribution in [3.05, 3.63) is 45.1 Å².